The monoisotopic (exact) mass is 740 g/mol. The number of phenolic OH excluding ortho intramolecular Hbond substituents is 1. The van der Waals surface area contributed by atoms with Crippen molar-refractivity contribution in [1.82, 2.24) is 20.0 Å². The van der Waals surface area contributed by atoms with E-state index in [9.17, 15) is 19.5 Å². The van der Waals surface area contributed by atoms with Crippen LogP contribution in [0.15, 0.2) is 97.1 Å². The Morgan fingerprint density at radius 1 is 0.855 bits per heavy atom. The number of nitrogens with one attached hydrogen (secondary N) is 1. The maximum absolute atomic E-state index is 13.0. The van der Waals surface area contributed by atoms with Gasteiger partial charge in [-0.05, 0) is 115 Å². The normalized spacial score (nSPS) is 18.8. The van der Waals surface area contributed by atoms with Gasteiger partial charge in [-0.15, -0.1) is 0 Å². The number of benzene rings is 4. The molecule has 4 aromatic rings. The summed E-state index contributed by atoms with van der Waals surface area (Å²) in [5.41, 5.74) is 8.66. The first-order valence-electron chi connectivity index (χ1n) is 19.8. The number of hydrogen-bond donors (Lipinski definition) is 2. The number of rotatable bonds is 14. The van der Waals surface area contributed by atoms with Crippen LogP contribution in [-0.4, -0.2) is 88.9 Å². The molecule has 3 aliphatic rings. The number of hydrogen-bond acceptors (Lipinski definition) is 7. The van der Waals surface area contributed by atoms with E-state index in [0.29, 0.717) is 31.2 Å². The predicted molar refractivity (Wildman–Crippen MR) is 216 cm³/mol. The van der Waals surface area contributed by atoms with Crippen LogP contribution in [0.5, 0.6) is 11.5 Å². The van der Waals surface area contributed by atoms with Crippen LogP contribution in [0.25, 0.3) is 11.1 Å². The molecule has 4 aromatic carbocycles. The first kappa shape index (κ1) is 38.0. The number of piperidine rings is 1. The van der Waals surface area contributed by atoms with E-state index in [0.717, 1.165) is 86.4 Å². The van der Waals surface area contributed by atoms with Crippen LogP contribution >= 0.6 is 0 Å². The van der Waals surface area contributed by atoms with Gasteiger partial charge < -0.3 is 19.6 Å². The second kappa shape index (κ2) is 17.5. The van der Waals surface area contributed by atoms with E-state index in [2.05, 4.69) is 83.6 Å². The standard InChI is InChI=1S/C46H52N4O5/c1-3-40(34-10-5-4-6-11-34)44(35-13-17-38(51)18-14-35)36-15-19-39(20-16-36)55-31-32(2)49-27-25-48(26-28-49)24-8-7-9-33-12-21-41-37(29-33)30-50(46(41)54)42-22-23-43(52)47-45(42)53/h4-6,10-21,29,32,42,51H,3,7-9,22-28,30-31H2,1-2H3,(H,47,52,53). The molecule has 0 spiro atoms. The predicted octanol–water partition coefficient (Wildman–Crippen LogP) is 6.93. The third kappa shape index (κ3) is 9.01. The summed E-state index contributed by atoms with van der Waals surface area (Å²) in [7, 11) is 0. The van der Waals surface area contributed by atoms with Crippen molar-refractivity contribution in [3.8, 4) is 11.5 Å². The molecular weight excluding hydrogens is 689 g/mol. The number of carbonyl (C=O) groups excluding carboxylic acids is 3. The fourth-order valence-corrected chi connectivity index (χ4v) is 8.22. The van der Waals surface area contributed by atoms with Crippen molar-refractivity contribution in [3.05, 3.63) is 130 Å². The lowest BCUT2D eigenvalue weighted by Gasteiger charge is -2.38. The SMILES string of the molecule is CCC(=C(c1ccc(O)cc1)c1ccc(OCC(C)N2CCN(CCCCc3ccc4c(c3)CN(C3CCC(=O)NC3=O)C4=O)CC2)cc1)c1ccccc1. The molecule has 55 heavy (non-hydrogen) atoms. The van der Waals surface area contributed by atoms with Gasteiger partial charge in [0, 0.05) is 50.7 Å². The van der Waals surface area contributed by atoms with Crippen LogP contribution in [0.4, 0.5) is 0 Å². The highest BCUT2D eigenvalue weighted by molar-refractivity contribution is 6.05. The van der Waals surface area contributed by atoms with Crippen LogP contribution in [0.3, 0.4) is 0 Å². The summed E-state index contributed by atoms with van der Waals surface area (Å²) < 4.78 is 6.32. The second-order valence-electron chi connectivity index (χ2n) is 15.0. The Bertz CT molecular complexity index is 2000. The maximum Gasteiger partial charge on any atom is 0.255 e. The van der Waals surface area contributed by atoms with Crippen molar-refractivity contribution < 1.29 is 24.2 Å². The van der Waals surface area contributed by atoms with E-state index in [4.69, 9.17) is 4.74 Å². The molecule has 0 aromatic heterocycles. The number of ether oxygens (including phenoxy) is 1. The van der Waals surface area contributed by atoms with Crippen LogP contribution in [0.1, 0.15) is 84.1 Å². The minimum absolute atomic E-state index is 0.121. The molecule has 286 valence electrons. The topological polar surface area (TPSA) is 102 Å². The highest BCUT2D eigenvalue weighted by Crippen LogP contribution is 2.36. The number of amides is 3. The average Bonchev–Trinajstić information content (AvgIpc) is 3.53. The molecule has 3 heterocycles. The molecule has 3 aliphatic heterocycles. The van der Waals surface area contributed by atoms with Gasteiger partial charge in [-0.2, -0.15) is 0 Å². The van der Waals surface area contributed by atoms with E-state index in [-0.39, 0.29) is 29.9 Å². The zero-order valence-electron chi connectivity index (χ0n) is 32.0. The van der Waals surface area contributed by atoms with Gasteiger partial charge in [-0.1, -0.05) is 73.7 Å². The van der Waals surface area contributed by atoms with Crippen LogP contribution < -0.4 is 10.1 Å². The number of imide groups is 1. The fourth-order valence-electron chi connectivity index (χ4n) is 8.22. The van der Waals surface area contributed by atoms with E-state index in [1.165, 1.54) is 16.7 Å². The zero-order chi connectivity index (χ0) is 38.3. The van der Waals surface area contributed by atoms with Crippen molar-refractivity contribution in [3.63, 3.8) is 0 Å². The maximum atomic E-state index is 13.0. The average molecular weight is 741 g/mol. The summed E-state index contributed by atoms with van der Waals surface area (Å²) in [6, 6.07) is 32.2. The quantitative estimate of drug-likeness (QED) is 0.0822. The molecule has 0 saturated carbocycles. The summed E-state index contributed by atoms with van der Waals surface area (Å²) >= 11 is 0. The number of aromatic hydroxyl groups is 1. The van der Waals surface area contributed by atoms with Gasteiger partial charge in [0.05, 0.1) is 0 Å². The van der Waals surface area contributed by atoms with Crippen molar-refractivity contribution in [2.75, 3.05) is 39.3 Å². The number of carbonyl (C=O) groups is 3. The number of unbranched alkanes of at least 4 members (excludes halogenated alkanes) is 1. The molecule has 7 rings (SSSR count). The number of phenols is 1. The molecule has 9 heteroatoms. The van der Waals surface area contributed by atoms with Gasteiger partial charge >= 0.3 is 0 Å². The lowest BCUT2D eigenvalue weighted by atomic mass is 9.88. The third-order valence-electron chi connectivity index (χ3n) is 11.4. The Balaban J connectivity index is 0.854. The molecule has 2 N–H and O–H groups in total. The minimum Gasteiger partial charge on any atom is -0.508 e. The molecule has 0 radical (unpaired) electrons. The van der Waals surface area contributed by atoms with Gasteiger partial charge in [0.1, 0.15) is 24.1 Å². The number of aryl methyl sites for hydroxylation is 1. The van der Waals surface area contributed by atoms with Gasteiger partial charge in [0.2, 0.25) is 11.8 Å². The molecule has 2 saturated heterocycles. The smallest absolute Gasteiger partial charge is 0.255 e. The summed E-state index contributed by atoms with van der Waals surface area (Å²) in [6.07, 6.45) is 4.66. The number of nitrogens with zero attached hydrogens (tertiary/aromatic N) is 3. The Morgan fingerprint density at radius 2 is 1.56 bits per heavy atom. The number of fused-ring (bicyclic) bond motifs is 1. The van der Waals surface area contributed by atoms with Gasteiger partial charge in [-0.3, -0.25) is 24.6 Å². The molecule has 2 atom stereocenters. The van der Waals surface area contributed by atoms with Crippen molar-refractivity contribution in [1.29, 1.82) is 0 Å². The molecule has 3 amide bonds. The lowest BCUT2D eigenvalue weighted by molar-refractivity contribution is -0.136. The van der Waals surface area contributed by atoms with Crippen LogP contribution in [0, 0.1) is 0 Å². The molecule has 0 aliphatic carbocycles. The zero-order valence-corrected chi connectivity index (χ0v) is 32.0. The van der Waals surface area contributed by atoms with E-state index in [1.54, 1.807) is 17.0 Å². The Morgan fingerprint density at radius 3 is 2.25 bits per heavy atom. The van der Waals surface area contributed by atoms with Crippen molar-refractivity contribution in [2.45, 2.75) is 71.0 Å². The molecular formula is C46H52N4O5. The molecule has 9 nitrogen and oxygen atoms in total. The minimum atomic E-state index is -0.579. The third-order valence-corrected chi connectivity index (χ3v) is 11.4. The van der Waals surface area contributed by atoms with E-state index >= 15 is 0 Å². The second-order valence-corrected chi connectivity index (χ2v) is 15.0. The Hall–Kier alpha value is -5.25. The highest BCUT2D eigenvalue weighted by atomic mass is 16.5. The van der Waals surface area contributed by atoms with E-state index in [1.807, 2.05) is 30.3 Å². The van der Waals surface area contributed by atoms with Crippen molar-refractivity contribution >= 4 is 28.9 Å². The summed E-state index contributed by atoms with van der Waals surface area (Å²) in [5, 5.41) is 12.3. The number of allylic oxidation sites excluding steroid dienone is 1. The fraction of sp³-hybridized carbons (Fsp3) is 0.370. The first-order chi connectivity index (χ1) is 26.8. The largest absolute Gasteiger partial charge is 0.508 e. The Labute approximate surface area is 324 Å². The number of piperazine rings is 1. The molecule has 2 fully saturated rings. The van der Waals surface area contributed by atoms with Crippen molar-refractivity contribution in [2.24, 2.45) is 0 Å². The van der Waals surface area contributed by atoms with E-state index < -0.39 is 6.04 Å². The molecule has 2 unspecified atom stereocenters. The van der Waals surface area contributed by atoms with Crippen LogP contribution in [-0.2, 0) is 22.6 Å². The summed E-state index contributed by atoms with van der Waals surface area (Å²) in [5.74, 6) is 0.354. The van der Waals surface area contributed by atoms with Crippen LogP contribution in [0.2, 0.25) is 0 Å². The van der Waals surface area contributed by atoms with Gasteiger partial charge in [0.25, 0.3) is 5.91 Å². The van der Waals surface area contributed by atoms with Gasteiger partial charge in [0.15, 0.2) is 0 Å². The molecule has 0 bridgehead atoms. The Kier molecular flexibility index (Phi) is 12.1. The first-order valence-corrected chi connectivity index (χ1v) is 19.8. The van der Waals surface area contributed by atoms with Gasteiger partial charge in [-0.25, -0.2) is 0 Å². The summed E-state index contributed by atoms with van der Waals surface area (Å²) in [4.78, 5) is 43.7. The summed E-state index contributed by atoms with van der Waals surface area (Å²) in [6.45, 7) is 10.7. The highest BCUT2D eigenvalue weighted by Gasteiger charge is 2.39. The lowest BCUT2D eigenvalue weighted by Crippen LogP contribution is -2.52.